The van der Waals surface area contributed by atoms with Gasteiger partial charge in [0.25, 0.3) is 0 Å². The van der Waals surface area contributed by atoms with Crippen LogP contribution < -0.4 is 10.1 Å². The molecule has 0 saturated heterocycles. The Hall–Kier alpha value is -1.02. The number of hydrogen-bond acceptors (Lipinski definition) is 2. The number of aryl methyl sites for hydroxylation is 3. The molecule has 0 aromatic heterocycles. The summed E-state index contributed by atoms with van der Waals surface area (Å²) in [5.74, 6) is 1.03. The minimum atomic E-state index is 0.229. The third-order valence-corrected chi connectivity index (χ3v) is 3.27. The maximum absolute atomic E-state index is 5.40. The third kappa shape index (κ3) is 5.65. The minimum Gasteiger partial charge on any atom is -0.496 e. The second-order valence-corrected chi connectivity index (χ2v) is 6.40. The standard InChI is InChI=1S/C17H29NO/c1-13-11-15(12-14(2)16(13)19-6)9-7-8-10-18-17(3,4)5/h11-12,18H,7-10H2,1-6H3. The summed E-state index contributed by atoms with van der Waals surface area (Å²) in [6, 6.07) is 4.51. The van der Waals surface area contributed by atoms with Crippen molar-refractivity contribution < 1.29 is 4.74 Å². The first-order valence-electron chi connectivity index (χ1n) is 7.22. The quantitative estimate of drug-likeness (QED) is 0.783. The van der Waals surface area contributed by atoms with Gasteiger partial charge < -0.3 is 10.1 Å². The maximum Gasteiger partial charge on any atom is 0.124 e. The van der Waals surface area contributed by atoms with Crippen LogP contribution in [0.5, 0.6) is 5.75 Å². The van der Waals surface area contributed by atoms with Crippen LogP contribution in [0.4, 0.5) is 0 Å². The van der Waals surface area contributed by atoms with E-state index in [0.29, 0.717) is 0 Å². The molecule has 1 rings (SSSR count). The molecule has 0 radical (unpaired) electrons. The van der Waals surface area contributed by atoms with Gasteiger partial charge in [-0.1, -0.05) is 12.1 Å². The number of hydrogen-bond donors (Lipinski definition) is 1. The highest BCUT2D eigenvalue weighted by Gasteiger charge is 2.08. The minimum absolute atomic E-state index is 0.229. The fourth-order valence-corrected chi connectivity index (χ4v) is 2.42. The molecule has 0 unspecified atom stereocenters. The molecule has 0 heterocycles. The number of unbranched alkanes of at least 4 members (excludes halogenated alkanes) is 1. The predicted molar refractivity (Wildman–Crippen MR) is 83.2 cm³/mol. The number of benzene rings is 1. The van der Waals surface area contributed by atoms with Crippen molar-refractivity contribution in [1.29, 1.82) is 0 Å². The van der Waals surface area contributed by atoms with Gasteiger partial charge in [-0.15, -0.1) is 0 Å². The lowest BCUT2D eigenvalue weighted by Crippen LogP contribution is -2.36. The van der Waals surface area contributed by atoms with Gasteiger partial charge in [0.2, 0.25) is 0 Å². The highest BCUT2D eigenvalue weighted by Crippen LogP contribution is 2.24. The average molecular weight is 263 g/mol. The Morgan fingerprint density at radius 3 is 2.11 bits per heavy atom. The van der Waals surface area contributed by atoms with E-state index in [1.165, 1.54) is 29.5 Å². The number of methoxy groups -OCH3 is 1. The largest absolute Gasteiger partial charge is 0.496 e. The second kappa shape index (κ2) is 6.95. The van der Waals surface area contributed by atoms with E-state index in [1.54, 1.807) is 7.11 Å². The maximum atomic E-state index is 5.40. The summed E-state index contributed by atoms with van der Waals surface area (Å²) in [4.78, 5) is 0. The van der Waals surface area contributed by atoms with Crippen molar-refractivity contribution >= 4 is 0 Å². The molecule has 1 aromatic carbocycles. The Bertz CT molecular complexity index is 381. The Morgan fingerprint density at radius 1 is 1.05 bits per heavy atom. The van der Waals surface area contributed by atoms with E-state index in [0.717, 1.165) is 18.7 Å². The highest BCUT2D eigenvalue weighted by molar-refractivity contribution is 5.43. The van der Waals surface area contributed by atoms with Gasteiger partial charge in [0, 0.05) is 5.54 Å². The van der Waals surface area contributed by atoms with Crippen LogP contribution >= 0.6 is 0 Å². The van der Waals surface area contributed by atoms with Crippen molar-refractivity contribution in [2.45, 2.75) is 59.4 Å². The predicted octanol–water partition coefficient (Wildman–Crippen LogP) is 4.02. The topological polar surface area (TPSA) is 21.3 Å². The van der Waals surface area contributed by atoms with Gasteiger partial charge in [-0.2, -0.15) is 0 Å². The molecule has 1 N–H and O–H groups in total. The molecule has 0 aliphatic heterocycles. The Balaban J connectivity index is 2.42. The molecule has 19 heavy (non-hydrogen) atoms. The van der Waals surface area contributed by atoms with Crippen LogP contribution in [0.2, 0.25) is 0 Å². The first kappa shape index (κ1) is 16.0. The van der Waals surface area contributed by atoms with Gasteiger partial charge in [0.15, 0.2) is 0 Å². The van der Waals surface area contributed by atoms with E-state index in [1.807, 2.05) is 0 Å². The molecule has 0 fully saturated rings. The molecule has 1 aromatic rings. The first-order chi connectivity index (χ1) is 8.83. The van der Waals surface area contributed by atoms with Crippen molar-refractivity contribution in [1.82, 2.24) is 5.32 Å². The monoisotopic (exact) mass is 263 g/mol. The van der Waals surface area contributed by atoms with Crippen LogP contribution in [-0.4, -0.2) is 19.2 Å². The van der Waals surface area contributed by atoms with E-state index in [4.69, 9.17) is 4.74 Å². The van der Waals surface area contributed by atoms with E-state index in [2.05, 4.69) is 52.1 Å². The fourth-order valence-electron chi connectivity index (χ4n) is 2.42. The number of rotatable bonds is 6. The highest BCUT2D eigenvalue weighted by atomic mass is 16.5. The van der Waals surface area contributed by atoms with Crippen molar-refractivity contribution in [3.05, 3.63) is 28.8 Å². The van der Waals surface area contributed by atoms with Crippen molar-refractivity contribution in [3.8, 4) is 5.75 Å². The van der Waals surface area contributed by atoms with Crippen LogP contribution in [0, 0.1) is 13.8 Å². The second-order valence-electron chi connectivity index (χ2n) is 6.40. The fraction of sp³-hybridized carbons (Fsp3) is 0.647. The summed E-state index contributed by atoms with van der Waals surface area (Å²) < 4.78 is 5.40. The lowest BCUT2D eigenvalue weighted by Gasteiger charge is -2.20. The number of nitrogens with one attached hydrogen (secondary N) is 1. The van der Waals surface area contributed by atoms with Gasteiger partial charge in [0.1, 0.15) is 5.75 Å². The summed E-state index contributed by atoms with van der Waals surface area (Å²) in [7, 11) is 1.74. The normalized spacial score (nSPS) is 11.7. The van der Waals surface area contributed by atoms with E-state index in [9.17, 15) is 0 Å². The summed E-state index contributed by atoms with van der Waals surface area (Å²) in [6.07, 6.45) is 3.60. The van der Waals surface area contributed by atoms with Crippen molar-refractivity contribution in [2.75, 3.05) is 13.7 Å². The lowest BCUT2D eigenvalue weighted by molar-refractivity contribution is 0.408. The first-order valence-corrected chi connectivity index (χ1v) is 7.22. The van der Waals surface area contributed by atoms with Gasteiger partial charge >= 0.3 is 0 Å². The van der Waals surface area contributed by atoms with E-state index < -0.39 is 0 Å². The molecule has 108 valence electrons. The lowest BCUT2D eigenvalue weighted by atomic mass is 10.0. The van der Waals surface area contributed by atoms with Crippen molar-refractivity contribution in [3.63, 3.8) is 0 Å². The molecule has 0 aliphatic rings. The van der Waals surface area contributed by atoms with Gasteiger partial charge in [-0.25, -0.2) is 0 Å². The Labute approximate surface area is 118 Å². The zero-order valence-electron chi connectivity index (χ0n) is 13.4. The molecule has 0 amide bonds. The smallest absolute Gasteiger partial charge is 0.124 e. The van der Waals surface area contributed by atoms with E-state index >= 15 is 0 Å². The summed E-state index contributed by atoms with van der Waals surface area (Å²) >= 11 is 0. The van der Waals surface area contributed by atoms with Crippen molar-refractivity contribution in [2.24, 2.45) is 0 Å². The molecule has 0 atom stereocenters. The molecular formula is C17H29NO. The molecule has 0 spiro atoms. The molecule has 2 nitrogen and oxygen atoms in total. The zero-order chi connectivity index (χ0) is 14.5. The average Bonchev–Trinajstić information content (AvgIpc) is 2.26. The van der Waals surface area contributed by atoms with Crippen LogP contribution in [0.1, 0.15) is 50.3 Å². The summed E-state index contributed by atoms with van der Waals surface area (Å²) in [5.41, 5.74) is 4.13. The summed E-state index contributed by atoms with van der Waals surface area (Å²) in [6.45, 7) is 12.0. The van der Waals surface area contributed by atoms with Gasteiger partial charge in [-0.05, 0) is 77.1 Å². The third-order valence-electron chi connectivity index (χ3n) is 3.27. The molecular weight excluding hydrogens is 234 g/mol. The van der Waals surface area contributed by atoms with Crippen LogP contribution in [0.25, 0.3) is 0 Å². The Morgan fingerprint density at radius 2 is 1.63 bits per heavy atom. The van der Waals surface area contributed by atoms with Crippen LogP contribution in [0.15, 0.2) is 12.1 Å². The molecule has 0 bridgehead atoms. The van der Waals surface area contributed by atoms with Gasteiger partial charge in [0.05, 0.1) is 7.11 Å². The zero-order valence-corrected chi connectivity index (χ0v) is 13.4. The SMILES string of the molecule is COc1c(C)cc(CCCCNC(C)(C)C)cc1C. The van der Waals surface area contributed by atoms with E-state index in [-0.39, 0.29) is 5.54 Å². The number of ether oxygens (including phenoxy) is 1. The van der Waals surface area contributed by atoms with Gasteiger partial charge in [-0.3, -0.25) is 0 Å². The Kier molecular flexibility index (Phi) is 5.86. The van der Waals surface area contributed by atoms with Crippen LogP contribution in [0.3, 0.4) is 0 Å². The molecule has 0 saturated carbocycles. The van der Waals surface area contributed by atoms with Crippen LogP contribution in [-0.2, 0) is 6.42 Å². The molecule has 2 heteroatoms. The summed E-state index contributed by atoms with van der Waals surface area (Å²) in [5, 5.41) is 3.53. The molecule has 0 aliphatic carbocycles.